The molecule has 2 aromatic rings. The third-order valence-electron chi connectivity index (χ3n) is 3.63. The second-order valence-corrected chi connectivity index (χ2v) is 5.87. The van der Waals surface area contributed by atoms with Gasteiger partial charge in [-0.1, -0.05) is 49.7 Å². The molecule has 0 saturated carbocycles. The van der Waals surface area contributed by atoms with Crippen LogP contribution in [-0.2, 0) is 6.42 Å². The summed E-state index contributed by atoms with van der Waals surface area (Å²) in [6.07, 6.45) is 2.18. The van der Waals surface area contributed by atoms with Gasteiger partial charge in [-0.2, -0.15) is 0 Å². The van der Waals surface area contributed by atoms with Crippen LogP contribution >= 0.6 is 12.2 Å². The van der Waals surface area contributed by atoms with Crippen LogP contribution in [-0.4, -0.2) is 16.6 Å². The largest absolute Gasteiger partial charge is 0.362 e. The Morgan fingerprint density at radius 1 is 1.14 bits per heavy atom. The van der Waals surface area contributed by atoms with E-state index in [1.165, 1.54) is 5.56 Å². The van der Waals surface area contributed by atoms with Crippen molar-refractivity contribution in [3.8, 4) is 0 Å². The standard InChI is InChI=1S/C18H23N3S/c1-3-15(12-16-9-5-4-6-10-16)13-19-18(22)21-17-11-7-8-14(2)20-17/h4-11,15H,3,12-13H2,1-2H3,(H2,19,20,21,22)/t15-/m0/s1. The second-order valence-electron chi connectivity index (χ2n) is 5.46. The molecule has 0 radical (unpaired) electrons. The summed E-state index contributed by atoms with van der Waals surface area (Å²) in [7, 11) is 0. The number of pyridine rings is 1. The number of aromatic nitrogens is 1. The molecule has 0 unspecified atom stereocenters. The van der Waals surface area contributed by atoms with Crippen molar-refractivity contribution in [1.82, 2.24) is 10.3 Å². The summed E-state index contributed by atoms with van der Waals surface area (Å²) in [5.41, 5.74) is 2.35. The Kier molecular flexibility index (Phi) is 6.34. The van der Waals surface area contributed by atoms with Gasteiger partial charge in [0.25, 0.3) is 0 Å². The lowest BCUT2D eigenvalue weighted by molar-refractivity contribution is 0.498. The Bertz CT molecular complexity index is 598. The fourth-order valence-electron chi connectivity index (χ4n) is 2.32. The normalized spacial score (nSPS) is 11.7. The highest BCUT2D eigenvalue weighted by Crippen LogP contribution is 2.11. The number of aryl methyl sites for hydroxylation is 1. The number of anilines is 1. The minimum absolute atomic E-state index is 0.563. The van der Waals surface area contributed by atoms with Gasteiger partial charge in [-0.25, -0.2) is 4.98 Å². The number of nitrogens with zero attached hydrogens (tertiary/aromatic N) is 1. The molecular weight excluding hydrogens is 290 g/mol. The number of nitrogens with one attached hydrogen (secondary N) is 2. The lowest BCUT2D eigenvalue weighted by Gasteiger charge is -2.17. The van der Waals surface area contributed by atoms with Gasteiger partial charge in [0.05, 0.1) is 0 Å². The van der Waals surface area contributed by atoms with E-state index in [-0.39, 0.29) is 0 Å². The zero-order chi connectivity index (χ0) is 15.8. The maximum Gasteiger partial charge on any atom is 0.171 e. The molecule has 0 aliphatic carbocycles. The number of rotatable bonds is 6. The van der Waals surface area contributed by atoms with E-state index in [0.29, 0.717) is 11.0 Å². The minimum atomic E-state index is 0.563. The summed E-state index contributed by atoms with van der Waals surface area (Å²) in [5.74, 6) is 1.35. The first-order valence-corrected chi connectivity index (χ1v) is 8.10. The predicted octanol–water partition coefficient (Wildman–Crippen LogP) is 3.95. The molecule has 0 saturated heterocycles. The van der Waals surface area contributed by atoms with Gasteiger partial charge in [-0.05, 0) is 49.2 Å². The molecule has 1 aromatic heterocycles. The van der Waals surface area contributed by atoms with E-state index in [1.807, 2.05) is 25.1 Å². The van der Waals surface area contributed by atoms with Gasteiger partial charge in [0.1, 0.15) is 5.82 Å². The molecule has 1 heterocycles. The van der Waals surface area contributed by atoms with E-state index >= 15 is 0 Å². The second kappa shape index (κ2) is 8.49. The molecule has 2 rings (SSSR count). The van der Waals surface area contributed by atoms with Crippen LogP contribution in [0.4, 0.5) is 5.82 Å². The molecule has 3 nitrogen and oxygen atoms in total. The quantitative estimate of drug-likeness (QED) is 0.792. The Balaban J connectivity index is 1.81. The van der Waals surface area contributed by atoms with Crippen LogP contribution < -0.4 is 10.6 Å². The van der Waals surface area contributed by atoms with Crippen molar-refractivity contribution < 1.29 is 0 Å². The minimum Gasteiger partial charge on any atom is -0.362 e. The van der Waals surface area contributed by atoms with Gasteiger partial charge in [0.2, 0.25) is 0 Å². The molecule has 1 aromatic carbocycles. The number of benzene rings is 1. The molecule has 0 spiro atoms. The smallest absolute Gasteiger partial charge is 0.171 e. The summed E-state index contributed by atoms with van der Waals surface area (Å²) >= 11 is 5.35. The summed E-state index contributed by atoms with van der Waals surface area (Å²) in [5, 5.41) is 7.07. The van der Waals surface area contributed by atoms with E-state index in [1.54, 1.807) is 0 Å². The molecule has 0 bridgehead atoms. The molecule has 1 atom stereocenters. The van der Waals surface area contributed by atoms with E-state index in [4.69, 9.17) is 12.2 Å². The molecule has 4 heteroatoms. The molecule has 116 valence electrons. The summed E-state index contributed by atoms with van der Waals surface area (Å²) < 4.78 is 0. The van der Waals surface area contributed by atoms with E-state index in [0.717, 1.165) is 30.9 Å². The van der Waals surface area contributed by atoms with Gasteiger partial charge in [-0.3, -0.25) is 0 Å². The van der Waals surface area contributed by atoms with Crippen molar-refractivity contribution in [3.05, 3.63) is 59.8 Å². The van der Waals surface area contributed by atoms with Crippen LogP contribution in [0, 0.1) is 12.8 Å². The maximum absolute atomic E-state index is 5.35. The van der Waals surface area contributed by atoms with Crippen molar-refractivity contribution in [2.45, 2.75) is 26.7 Å². The monoisotopic (exact) mass is 313 g/mol. The van der Waals surface area contributed by atoms with Gasteiger partial charge < -0.3 is 10.6 Å². The maximum atomic E-state index is 5.35. The molecule has 0 aliphatic rings. The van der Waals surface area contributed by atoms with Crippen LogP contribution in [0.1, 0.15) is 24.6 Å². The first kappa shape index (κ1) is 16.4. The van der Waals surface area contributed by atoms with Crippen LogP contribution in [0.15, 0.2) is 48.5 Å². The van der Waals surface area contributed by atoms with Gasteiger partial charge in [-0.15, -0.1) is 0 Å². The highest BCUT2D eigenvalue weighted by Gasteiger charge is 2.08. The summed E-state index contributed by atoms with van der Waals surface area (Å²) in [4.78, 5) is 4.39. The highest BCUT2D eigenvalue weighted by atomic mass is 32.1. The molecule has 0 fully saturated rings. The molecule has 0 amide bonds. The van der Waals surface area contributed by atoms with Crippen molar-refractivity contribution >= 4 is 23.1 Å². The van der Waals surface area contributed by atoms with Crippen LogP contribution in [0.3, 0.4) is 0 Å². The van der Waals surface area contributed by atoms with Gasteiger partial charge >= 0.3 is 0 Å². The molecule has 22 heavy (non-hydrogen) atoms. The summed E-state index contributed by atoms with van der Waals surface area (Å²) in [6, 6.07) is 16.4. The first-order chi connectivity index (χ1) is 10.7. The lowest BCUT2D eigenvalue weighted by atomic mass is 9.97. The Labute approximate surface area is 138 Å². The number of thiocarbonyl (C=S) groups is 1. The third-order valence-corrected chi connectivity index (χ3v) is 3.87. The zero-order valence-electron chi connectivity index (χ0n) is 13.2. The fraction of sp³-hybridized carbons (Fsp3) is 0.333. The van der Waals surface area contributed by atoms with Gasteiger partial charge in [0, 0.05) is 12.2 Å². The van der Waals surface area contributed by atoms with Gasteiger partial charge in [0.15, 0.2) is 5.11 Å². The Morgan fingerprint density at radius 2 is 1.91 bits per heavy atom. The average molecular weight is 313 g/mol. The third kappa shape index (κ3) is 5.45. The molecular formula is C18H23N3S. The van der Waals surface area contributed by atoms with E-state index in [2.05, 4.69) is 52.9 Å². The zero-order valence-corrected chi connectivity index (χ0v) is 14.0. The average Bonchev–Trinajstić information content (AvgIpc) is 2.52. The molecule has 2 N–H and O–H groups in total. The lowest BCUT2D eigenvalue weighted by Crippen LogP contribution is -2.33. The van der Waals surface area contributed by atoms with Crippen molar-refractivity contribution in [3.63, 3.8) is 0 Å². The van der Waals surface area contributed by atoms with E-state index in [9.17, 15) is 0 Å². The van der Waals surface area contributed by atoms with Crippen LogP contribution in [0.5, 0.6) is 0 Å². The Morgan fingerprint density at radius 3 is 2.59 bits per heavy atom. The number of hydrogen-bond acceptors (Lipinski definition) is 2. The highest BCUT2D eigenvalue weighted by molar-refractivity contribution is 7.80. The first-order valence-electron chi connectivity index (χ1n) is 7.69. The Hall–Kier alpha value is -1.94. The fourth-order valence-corrected chi connectivity index (χ4v) is 2.51. The topological polar surface area (TPSA) is 37.0 Å². The van der Waals surface area contributed by atoms with Crippen LogP contribution in [0.25, 0.3) is 0 Å². The predicted molar refractivity (Wildman–Crippen MR) is 97.1 cm³/mol. The summed E-state index contributed by atoms with van der Waals surface area (Å²) in [6.45, 7) is 5.05. The van der Waals surface area contributed by atoms with Crippen LogP contribution in [0.2, 0.25) is 0 Å². The van der Waals surface area contributed by atoms with Crippen molar-refractivity contribution in [2.75, 3.05) is 11.9 Å². The SMILES string of the molecule is CC[C@H](CNC(=S)Nc1cccc(C)n1)Cc1ccccc1. The molecule has 0 aliphatic heterocycles. The number of hydrogen-bond donors (Lipinski definition) is 2. The van der Waals surface area contributed by atoms with Crippen molar-refractivity contribution in [2.24, 2.45) is 5.92 Å². The van der Waals surface area contributed by atoms with E-state index < -0.39 is 0 Å². The van der Waals surface area contributed by atoms with Crippen molar-refractivity contribution in [1.29, 1.82) is 0 Å².